The maximum absolute atomic E-state index is 12.1. The van der Waals surface area contributed by atoms with Gasteiger partial charge in [-0.2, -0.15) is 0 Å². The number of hydrogen-bond donors (Lipinski definition) is 1. The fourth-order valence-electron chi connectivity index (χ4n) is 1.99. The van der Waals surface area contributed by atoms with Gasteiger partial charge in [0.2, 0.25) is 0 Å². The summed E-state index contributed by atoms with van der Waals surface area (Å²) in [6.45, 7) is 9.67. The summed E-state index contributed by atoms with van der Waals surface area (Å²) < 4.78 is 5.65. The number of H-pyrrole nitrogens is 1. The lowest BCUT2D eigenvalue weighted by molar-refractivity contribution is 0.241. The Morgan fingerprint density at radius 3 is 2.52 bits per heavy atom. The summed E-state index contributed by atoms with van der Waals surface area (Å²) in [4.78, 5) is 23.6. The molecule has 0 aliphatic heterocycles. The molecule has 112 valence electrons. The maximum Gasteiger partial charge on any atom is 0.254 e. The first kappa shape index (κ1) is 15.2. The van der Waals surface area contributed by atoms with Crippen LogP contribution in [0, 0.1) is 6.92 Å². The van der Waals surface area contributed by atoms with E-state index in [2.05, 4.69) is 15.0 Å². The molecule has 0 spiro atoms. The predicted molar refractivity (Wildman–Crippen MR) is 82.7 cm³/mol. The van der Waals surface area contributed by atoms with Gasteiger partial charge in [0, 0.05) is 23.2 Å². The Balaban J connectivity index is 2.53. The number of hydrogen-bond acceptors (Lipinski definition) is 4. The zero-order chi connectivity index (χ0) is 15.6. The average molecular weight is 287 g/mol. The normalized spacial score (nSPS) is 11.2. The number of nitrogens with one attached hydrogen (secondary N) is 1. The zero-order valence-electron chi connectivity index (χ0n) is 13.1. The van der Waals surface area contributed by atoms with E-state index in [1.165, 1.54) is 0 Å². The summed E-state index contributed by atoms with van der Waals surface area (Å²) >= 11 is 0. The van der Waals surface area contributed by atoms with Gasteiger partial charge in [0.1, 0.15) is 11.6 Å². The fourth-order valence-corrected chi connectivity index (χ4v) is 1.99. The van der Waals surface area contributed by atoms with Crippen molar-refractivity contribution in [1.29, 1.82) is 0 Å². The second-order valence-electron chi connectivity index (χ2n) is 5.66. The van der Waals surface area contributed by atoms with Crippen LogP contribution in [0.15, 0.2) is 23.3 Å². The van der Waals surface area contributed by atoms with E-state index in [-0.39, 0.29) is 17.6 Å². The van der Waals surface area contributed by atoms with Crippen molar-refractivity contribution in [2.75, 3.05) is 0 Å². The van der Waals surface area contributed by atoms with Crippen molar-refractivity contribution in [1.82, 2.24) is 15.0 Å². The Bertz CT molecular complexity index is 690. The van der Waals surface area contributed by atoms with Gasteiger partial charge in [-0.25, -0.2) is 4.98 Å². The van der Waals surface area contributed by atoms with Crippen molar-refractivity contribution < 1.29 is 4.74 Å². The second-order valence-corrected chi connectivity index (χ2v) is 5.66. The van der Waals surface area contributed by atoms with Crippen LogP contribution in [0.2, 0.25) is 0 Å². The number of aromatic nitrogens is 3. The number of nitrogens with zero attached hydrogens (tertiary/aromatic N) is 2. The summed E-state index contributed by atoms with van der Waals surface area (Å²) in [6.07, 6.45) is 3.43. The summed E-state index contributed by atoms with van der Waals surface area (Å²) in [7, 11) is 0. The standard InChI is InChI=1S/C16H21N3O2/c1-9(2)15-18-14(11(5)16(20)19-15)12-6-13(8-17-7-12)21-10(3)4/h6-10H,1-5H3,(H,18,19,20). The molecule has 0 aliphatic carbocycles. The van der Waals surface area contributed by atoms with Crippen LogP contribution in [0.3, 0.4) is 0 Å². The SMILES string of the molecule is Cc1c(-c2cncc(OC(C)C)c2)nc(C(C)C)[nH]c1=O. The Morgan fingerprint density at radius 2 is 1.90 bits per heavy atom. The topological polar surface area (TPSA) is 67.9 Å². The molecule has 0 fully saturated rings. The van der Waals surface area contributed by atoms with E-state index in [9.17, 15) is 4.79 Å². The molecule has 5 heteroatoms. The van der Waals surface area contributed by atoms with Crippen LogP contribution in [0.4, 0.5) is 0 Å². The van der Waals surface area contributed by atoms with Crippen LogP contribution in [-0.2, 0) is 0 Å². The van der Waals surface area contributed by atoms with Gasteiger partial charge in [0.05, 0.1) is 18.0 Å². The molecule has 0 bridgehead atoms. The van der Waals surface area contributed by atoms with Gasteiger partial charge >= 0.3 is 0 Å². The third-order valence-electron chi connectivity index (χ3n) is 3.07. The van der Waals surface area contributed by atoms with Crippen LogP contribution in [-0.4, -0.2) is 21.1 Å². The molecule has 2 aromatic rings. The smallest absolute Gasteiger partial charge is 0.254 e. The highest BCUT2D eigenvalue weighted by Gasteiger charge is 2.13. The van der Waals surface area contributed by atoms with Gasteiger partial charge in [-0.05, 0) is 26.8 Å². The number of aromatic amines is 1. The summed E-state index contributed by atoms with van der Waals surface area (Å²) in [5, 5.41) is 0. The molecule has 0 unspecified atom stereocenters. The van der Waals surface area contributed by atoms with Crippen molar-refractivity contribution in [3.8, 4) is 17.0 Å². The van der Waals surface area contributed by atoms with Crippen molar-refractivity contribution in [3.63, 3.8) is 0 Å². The summed E-state index contributed by atoms with van der Waals surface area (Å²) in [6, 6.07) is 1.87. The quantitative estimate of drug-likeness (QED) is 0.938. The molecule has 0 radical (unpaired) electrons. The first-order chi connectivity index (χ1) is 9.88. The molecular weight excluding hydrogens is 266 g/mol. The molecule has 1 N–H and O–H groups in total. The van der Waals surface area contributed by atoms with Gasteiger partial charge in [-0.1, -0.05) is 13.8 Å². The number of rotatable bonds is 4. The van der Waals surface area contributed by atoms with Crippen LogP contribution >= 0.6 is 0 Å². The van der Waals surface area contributed by atoms with Gasteiger partial charge in [-0.15, -0.1) is 0 Å². The number of pyridine rings is 1. The molecule has 0 saturated carbocycles. The van der Waals surface area contributed by atoms with Crippen molar-refractivity contribution >= 4 is 0 Å². The minimum atomic E-state index is -0.112. The lowest BCUT2D eigenvalue weighted by Crippen LogP contribution is -2.17. The molecule has 0 amide bonds. The molecule has 0 saturated heterocycles. The van der Waals surface area contributed by atoms with Crippen molar-refractivity contribution in [2.45, 2.75) is 46.6 Å². The van der Waals surface area contributed by atoms with Crippen LogP contribution in [0.25, 0.3) is 11.3 Å². The molecule has 5 nitrogen and oxygen atoms in total. The maximum atomic E-state index is 12.1. The Hall–Kier alpha value is -2.17. The van der Waals surface area contributed by atoms with E-state index in [0.29, 0.717) is 22.8 Å². The Kier molecular flexibility index (Phi) is 4.40. The molecule has 0 atom stereocenters. The van der Waals surface area contributed by atoms with E-state index < -0.39 is 0 Å². The third-order valence-corrected chi connectivity index (χ3v) is 3.07. The van der Waals surface area contributed by atoms with Crippen molar-refractivity contribution in [2.24, 2.45) is 0 Å². The molecule has 2 aromatic heterocycles. The van der Waals surface area contributed by atoms with Crippen LogP contribution < -0.4 is 10.3 Å². The highest BCUT2D eigenvalue weighted by Crippen LogP contribution is 2.24. The van der Waals surface area contributed by atoms with Crippen LogP contribution in [0.5, 0.6) is 5.75 Å². The van der Waals surface area contributed by atoms with E-state index in [1.54, 1.807) is 19.3 Å². The molecule has 0 aromatic carbocycles. The monoisotopic (exact) mass is 287 g/mol. The molecule has 0 aliphatic rings. The van der Waals surface area contributed by atoms with Crippen molar-refractivity contribution in [3.05, 3.63) is 40.2 Å². The Morgan fingerprint density at radius 1 is 1.19 bits per heavy atom. The predicted octanol–water partition coefficient (Wildman–Crippen LogP) is 3.05. The van der Waals surface area contributed by atoms with Gasteiger partial charge in [-0.3, -0.25) is 9.78 Å². The molecule has 21 heavy (non-hydrogen) atoms. The van der Waals surface area contributed by atoms with Crippen LogP contribution in [0.1, 0.15) is 45.0 Å². The van der Waals surface area contributed by atoms with Gasteiger partial charge in [0.15, 0.2) is 0 Å². The largest absolute Gasteiger partial charge is 0.489 e. The minimum absolute atomic E-state index is 0.0708. The van der Waals surface area contributed by atoms with Gasteiger partial charge < -0.3 is 9.72 Å². The average Bonchev–Trinajstić information content (AvgIpc) is 2.41. The van der Waals surface area contributed by atoms with E-state index in [1.807, 2.05) is 33.8 Å². The highest BCUT2D eigenvalue weighted by molar-refractivity contribution is 5.62. The highest BCUT2D eigenvalue weighted by atomic mass is 16.5. The van der Waals surface area contributed by atoms with Gasteiger partial charge in [0.25, 0.3) is 5.56 Å². The summed E-state index contributed by atoms with van der Waals surface area (Å²) in [5.41, 5.74) is 1.92. The lowest BCUT2D eigenvalue weighted by Gasteiger charge is -2.12. The fraction of sp³-hybridized carbons (Fsp3) is 0.438. The number of ether oxygens (including phenoxy) is 1. The van der Waals surface area contributed by atoms with E-state index in [4.69, 9.17) is 4.74 Å². The van der Waals surface area contributed by atoms with E-state index in [0.717, 1.165) is 5.56 Å². The lowest BCUT2D eigenvalue weighted by atomic mass is 10.1. The third kappa shape index (κ3) is 3.48. The minimum Gasteiger partial charge on any atom is -0.489 e. The summed E-state index contributed by atoms with van der Waals surface area (Å²) in [5.74, 6) is 1.51. The first-order valence-corrected chi connectivity index (χ1v) is 7.11. The molecular formula is C16H21N3O2. The first-order valence-electron chi connectivity index (χ1n) is 7.11. The zero-order valence-corrected chi connectivity index (χ0v) is 13.1. The second kappa shape index (κ2) is 6.08. The van der Waals surface area contributed by atoms with E-state index >= 15 is 0 Å². The molecule has 2 heterocycles. The Labute approximate surface area is 124 Å². The molecule has 2 rings (SSSR count).